The third-order valence-corrected chi connectivity index (χ3v) is 12.3. The molecule has 6 aromatic rings. The fourth-order valence-corrected chi connectivity index (χ4v) is 7.99. The molecule has 0 saturated heterocycles. The Morgan fingerprint density at radius 2 is 0.926 bits per heavy atom. The summed E-state index contributed by atoms with van der Waals surface area (Å²) in [6.07, 6.45) is 4.14. The molecule has 0 amide bonds. The van der Waals surface area contributed by atoms with E-state index in [0.29, 0.717) is 78.6 Å². The molecule has 360 valence electrons. The van der Waals surface area contributed by atoms with Crippen molar-refractivity contribution in [3.63, 3.8) is 0 Å². The van der Waals surface area contributed by atoms with Crippen molar-refractivity contribution in [2.24, 2.45) is 21.7 Å². The van der Waals surface area contributed by atoms with Crippen LogP contribution in [0.15, 0.2) is 105 Å². The van der Waals surface area contributed by atoms with E-state index < -0.39 is 35.1 Å². The van der Waals surface area contributed by atoms with Crippen LogP contribution in [0.1, 0.15) is 24.0 Å². The summed E-state index contributed by atoms with van der Waals surface area (Å²) >= 11 is 0.608. The van der Waals surface area contributed by atoms with Gasteiger partial charge in [0.25, 0.3) is 10.1 Å². The number of nitrogens with zero attached hydrogens (tertiary/aromatic N) is 6. The summed E-state index contributed by atoms with van der Waals surface area (Å²) in [7, 11) is -12.7. The van der Waals surface area contributed by atoms with Crippen molar-refractivity contribution in [1.29, 1.82) is 0 Å². The molecule has 4 aromatic carbocycles. The number of nitrogens with two attached hydrogens (primary N) is 4. The van der Waals surface area contributed by atoms with Crippen LogP contribution in [0.2, 0.25) is 0 Å². The first-order valence-electron chi connectivity index (χ1n) is 19.7. The van der Waals surface area contributed by atoms with Crippen LogP contribution in [-0.2, 0) is 39.5 Å². The zero-order chi connectivity index (χ0) is 48.9. The van der Waals surface area contributed by atoms with Gasteiger partial charge in [0, 0.05) is 40.7 Å². The minimum absolute atomic E-state index is 0.0314. The Kier molecular flexibility index (Phi) is 17.1. The molecule has 30 heteroatoms. The first kappa shape index (κ1) is 50.7. The second-order valence-electron chi connectivity index (χ2n) is 13.9. The van der Waals surface area contributed by atoms with Gasteiger partial charge in [-0.1, -0.05) is 29.3 Å². The molecule has 6 rings (SSSR count). The van der Waals surface area contributed by atoms with Crippen molar-refractivity contribution < 1.29 is 44.4 Å². The predicted octanol–water partition coefficient (Wildman–Crippen LogP) is 3.69. The molecule has 0 saturated carbocycles. The minimum Gasteiger partial charge on any atom is -0.354 e. The average molecular weight is 1010 g/mol. The minimum atomic E-state index is -4.84. The Balaban J connectivity index is 1.25. The normalized spacial score (nSPS) is 11.9. The highest BCUT2D eigenvalue weighted by Gasteiger charge is 2.18. The standard InChI is InChI=1S/C38H44N16O10S4/c39-17-1-19-43-33-49-35(45-25-9-13-29(14-10-25)66(41,56)57)53-37(51-33)47-27-7-5-23(31(21-27)65-64-63-55)3-4-24-6-8-28(22-32(24)68(60,61)62)48-38-52-34(44-20-2-18-40)50-36(54-38)46-26-11-15-30(16-12-26)67(42,58)59/h3-16,21-22,55H,1-2,17-20,39-40H2,(H2,41,56,57)(H2,42,58,59)(H,60,61,62)(H3,43,45,47,49,51,53)(H3,44,46,48,50,52,54). The maximum atomic E-state index is 12.8. The Bertz CT molecular complexity index is 3080. The summed E-state index contributed by atoms with van der Waals surface area (Å²) in [5, 5.41) is 41.3. The van der Waals surface area contributed by atoms with E-state index in [4.69, 9.17) is 31.3 Å². The van der Waals surface area contributed by atoms with Crippen molar-refractivity contribution >= 4 is 113 Å². The molecule has 0 atom stereocenters. The zero-order valence-corrected chi connectivity index (χ0v) is 38.5. The first-order valence-corrected chi connectivity index (χ1v) is 25.0. The van der Waals surface area contributed by atoms with Gasteiger partial charge in [0.15, 0.2) is 0 Å². The van der Waals surface area contributed by atoms with E-state index >= 15 is 0 Å². The number of hydrogen-bond acceptors (Lipinski definition) is 24. The van der Waals surface area contributed by atoms with Crippen molar-refractivity contribution in [2.75, 3.05) is 58.1 Å². The summed E-state index contributed by atoms with van der Waals surface area (Å²) < 4.78 is 87.5. The van der Waals surface area contributed by atoms with Gasteiger partial charge in [-0.25, -0.2) is 32.4 Å². The van der Waals surface area contributed by atoms with Gasteiger partial charge in [-0.2, -0.15) is 38.3 Å². The molecule has 68 heavy (non-hydrogen) atoms. The maximum Gasteiger partial charge on any atom is 0.295 e. The van der Waals surface area contributed by atoms with E-state index in [2.05, 4.69) is 66.8 Å². The largest absolute Gasteiger partial charge is 0.354 e. The molecule has 2 aromatic heterocycles. The van der Waals surface area contributed by atoms with Crippen LogP contribution in [0, 0.1) is 0 Å². The van der Waals surface area contributed by atoms with E-state index in [1.165, 1.54) is 78.9 Å². The summed E-state index contributed by atoms with van der Waals surface area (Å²) in [6.45, 7) is 1.66. The molecule has 16 N–H and O–H groups in total. The number of nitrogens with one attached hydrogen (secondary N) is 6. The van der Waals surface area contributed by atoms with Gasteiger partial charge in [0.05, 0.1) is 21.8 Å². The van der Waals surface area contributed by atoms with Crippen molar-refractivity contribution in [3.8, 4) is 0 Å². The van der Waals surface area contributed by atoms with Crippen LogP contribution in [-0.4, -0.2) is 91.1 Å². The van der Waals surface area contributed by atoms with E-state index in [1.807, 2.05) is 0 Å². The molecule has 0 fully saturated rings. The number of hydrogen-bond donors (Lipinski definition) is 12. The van der Waals surface area contributed by atoms with Crippen LogP contribution >= 0.6 is 12.0 Å². The van der Waals surface area contributed by atoms with E-state index in [0.717, 1.165) is 0 Å². The average Bonchev–Trinajstić information content (AvgIpc) is 3.28. The highest BCUT2D eigenvalue weighted by molar-refractivity contribution is 7.94. The lowest BCUT2D eigenvalue weighted by molar-refractivity contribution is -0.432. The van der Waals surface area contributed by atoms with E-state index in [9.17, 15) is 29.8 Å². The van der Waals surface area contributed by atoms with E-state index in [1.54, 1.807) is 18.2 Å². The molecule has 2 heterocycles. The molecule has 0 aliphatic rings. The Morgan fingerprint density at radius 1 is 0.544 bits per heavy atom. The summed E-state index contributed by atoms with van der Waals surface area (Å²) in [5.74, 6) is 0.470. The molecular formula is C38H44N16O10S4. The molecule has 0 spiro atoms. The monoisotopic (exact) mass is 1010 g/mol. The number of aromatic nitrogens is 6. The van der Waals surface area contributed by atoms with Crippen LogP contribution in [0.3, 0.4) is 0 Å². The quantitative estimate of drug-likeness (QED) is 0.0103. The lowest BCUT2D eigenvalue weighted by Crippen LogP contribution is -2.13. The highest BCUT2D eigenvalue weighted by Crippen LogP contribution is 2.32. The maximum absolute atomic E-state index is 12.8. The third kappa shape index (κ3) is 14.9. The van der Waals surface area contributed by atoms with Crippen LogP contribution in [0.25, 0.3) is 12.2 Å². The molecule has 26 nitrogen and oxygen atoms in total. The van der Waals surface area contributed by atoms with Crippen molar-refractivity contribution in [3.05, 3.63) is 96.1 Å². The predicted molar refractivity (Wildman–Crippen MR) is 255 cm³/mol. The van der Waals surface area contributed by atoms with Crippen LogP contribution < -0.4 is 53.6 Å². The Morgan fingerprint density at radius 3 is 1.34 bits per heavy atom. The number of sulfonamides is 2. The fourth-order valence-electron chi connectivity index (χ4n) is 5.74. The Hall–Kier alpha value is -6.68. The van der Waals surface area contributed by atoms with Crippen molar-refractivity contribution in [1.82, 2.24) is 29.9 Å². The van der Waals surface area contributed by atoms with Crippen molar-refractivity contribution in [2.45, 2.75) is 32.4 Å². The zero-order valence-electron chi connectivity index (χ0n) is 35.3. The van der Waals surface area contributed by atoms with E-state index in [-0.39, 0.29) is 56.7 Å². The van der Waals surface area contributed by atoms with Gasteiger partial charge < -0.3 is 43.4 Å². The number of primary sulfonamides is 2. The lowest BCUT2D eigenvalue weighted by Gasteiger charge is -2.13. The molecule has 0 unspecified atom stereocenters. The van der Waals surface area contributed by atoms with Gasteiger partial charge in [-0.15, -0.1) is 4.33 Å². The number of rotatable bonds is 24. The second-order valence-corrected chi connectivity index (χ2v) is 19.2. The molecule has 0 bridgehead atoms. The molecular weight excluding hydrogens is 969 g/mol. The van der Waals surface area contributed by atoms with Gasteiger partial charge in [-0.05, 0) is 110 Å². The van der Waals surface area contributed by atoms with Gasteiger partial charge in [0.2, 0.25) is 55.7 Å². The summed E-state index contributed by atoms with van der Waals surface area (Å²) in [4.78, 5) is 26.0. The van der Waals surface area contributed by atoms with Crippen LogP contribution in [0.4, 0.5) is 58.4 Å². The van der Waals surface area contributed by atoms with Gasteiger partial charge in [0.1, 0.15) is 4.90 Å². The molecule has 0 aliphatic carbocycles. The topological polar surface area (TPSA) is 415 Å². The highest BCUT2D eigenvalue weighted by atomic mass is 32.2. The van der Waals surface area contributed by atoms with Crippen LogP contribution in [0.5, 0.6) is 0 Å². The smallest absolute Gasteiger partial charge is 0.295 e. The lowest BCUT2D eigenvalue weighted by atomic mass is 10.1. The fraction of sp³-hybridized carbons (Fsp3) is 0.158. The molecule has 0 radical (unpaired) electrons. The summed E-state index contributed by atoms with van der Waals surface area (Å²) in [6, 6.07) is 20.1. The SMILES string of the molecule is NCCCNc1nc(Nc2ccc(S(N)(=O)=O)cc2)nc(Nc2ccc(C=Cc3ccc(Nc4nc(NCCCN)nc(Nc5ccc(S(N)(=O)=O)cc5)n4)cc3S(=O)(=O)O)c(SOOO)c2)n1. The summed E-state index contributed by atoms with van der Waals surface area (Å²) in [5.41, 5.74) is 13.2. The third-order valence-electron chi connectivity index (χ3n) is 8.89. The number of benzene rings is 4. The molecule has 0 aliphatic heterocycles. The van der Waals surface area contributed by atoms with Gasteiger partial charge >= 0.3 is 0 Å². The van der Waals surface area contributed by atoms with Gasteiger partial charge in [-0.3, -0.25) is 4.55 Å². The first-order chi connectivity index (χ1) is 32.4. The Labute approximate surface area is 393 Å². The number of anilines is 10. The second kappa shape index (κ2) is 22.9.